The van der Waals surface area contributed by atoms with Crippen LogP contribution in [-0.4, -0.2) is 34.2 Å². The van der Waals surface area contributed by atoms with Crippen molar-refractivity contribution in [2.24, 2.45) is 0 Å². The van der Waals surface area contributed by atoms with Crippen LogP contribution in [0.1, 0.15) is 0 Å². The second-order valence-corrected chi connectivity index (χ2v) is 8.48. The topological polar surface area (TPSA) is 113 Å². The van der Waals surface area contributed by atoms with Gasteiger partial charge in [-0.2, -0.15) is 10.2 Å². The van der Waals surface area contributed by atoms with E-state index in [1.165, 1.54) is 29.1 Å². The highest BCUT2D eigenvalue weighted by molar-refractivity contribution is 7.90. The molecule has 4 rings (SSSR count). The van der Waals surface area contributed by atoms with Crippen molar-refractivity contribution in [2.75, 3.05) is 12.0 Å². The van der Waals surface area contributed by atoms with Gasteiger partial charge in [0.25, 0.3) is 0 Å². The molecule has 0 unspecified atom stereocenters. The molecule has 0 aliphatic carbocycles. The van der Waals surface area contributed by atoms with Gasteiger partial charge in [0, 0.05) is 24.2 Å². The summed E-state index contributed by atoms with van der Waals surface area (Å²) in [5, 5.41) is 8.72. The summed E-state index contributed by atoms with van der Waals surface area (Å²) in [4.78, 5) is 12.7. The monoisotopic (exact) mass is 407 g/mol. The van der Waals surface area contributed by atoms with Crippen molar-refractivity contribution >= 4 is 15.5 Å². The Morgan fingerprint density at radius 1 is 0.966 bits per heavy atom. The summed E-state index contributed by atoms with van der Waals surface area (Å²) in [5.41, 5.74) is 8.03. The zero-order valence-corrected chi connectivity index (χ0v) is 16.2. The van der Waals surface area contributed by atoms with Gasteiger partial charge < -0.3 is 5.73 Å². The minimum absolute atomic E-state index is 0.168. The molecule has 0 aliphatic heterocycles. The van der Waals surface area contributed by atoms with E-state index in [4.69, 9.17) is 5.73 Å². The Labute approximate surface area is 166 Å². The van der Waals surface area contributed by atoms with Crippen LogP contribution in [0, 0.1) is 0 Å². The van der Waals surface area contributed by atoms with Gasteiger partial charge in [0.1, 0.15) is 0 Å². The third kappa shape index (κ3) is 3.67. The SMILES string of the molecule is CS(=O)(=O)c1cccc(-n2ccc(=O)c(-c3ccnn3-c3cccc(N)c3)n2)c1. The van der Waals surface area contributed by atoms with E-state index in [-0.39, 0.29) is 16.0 Å². The van der Waals surface area contributed by atoms with Crippen molar-refractivity contribution in [3.05, 3.63) is 83.3 Å². The van der Waals surface area contributed by atoms with Gasteiger partial charge in [-0.05, 0) is 42.5 Å². The van der Waals surface area contributed by atoms with E-state index >= 15 is 0 Å². The number of anilines is 1. The van der Waals surface area contributed by atoms with E-state index in [2.05, 4.69) is 10.2 Å². The summed E-state index contributed by atoms with van der Waals surface area (Å²) in [5.74, 6) is 0. The molecule has 2 N–H and O–H groups in total. The molecular weight excluding hydrogens is 390 g/mol. The fraction of sp³-hybridized carbons (Fsp3) is 0.0500. The number of nitrogens with two attached hydrogens (primary N) is 1. The molecule has 9 heteroatoms. The van der Waals surface area contributed by atoms with Gasteiger partial charge in [0.15, 0.2) is 15.5 Å². The molecule has 2 aromatic carbocycles. The summed E-state index contributed by atoms with van der Waals surface area (Å²) in [6.07, 6.45) is 4.20. The first-order valence-corrected chi connectivity index (χ1v) is 10.5. The number of aromatic nitrogens is 4. The van der Waals surface area contributed by atoms with Gasteiger partial charge in [-0.15, -0.1) is 0 Å². The molecule has 0 saturated carbocycles. The van der Waals surface area contributed by atoms with Crippen LogP contribution in [0.25, 0.3) is 22.8 Å². The average Bonchev–Trinajstić information content (AvgIpc) is 3.17. The van der Waals surface area contributed by atoms with Crippen LogP contribution in [0.4, 0.5) is 5.69 Å². The highest BCUT2D eigenvalue weighted by Gasteiger charge is 2.14. The Bertz CT molecular complexity index is 1370. The first-order valence-electron chi connectivity index (χ1n) is 8.64. The highest BCUT2D eigenvalue weighted by atomic mass is 32.2. The van der Waals surface area contributed by atoms with E-state index < -0.39 is 9.84 Å². The van der Waals surface area contributed by atoms with Gasteiger partial charge in [-0.3, -0.25) is 4.79 Å². The lowest BCUT2D eigenvalue weighted by molar-refractivity contribution is 0.601. The number of rotatable bonds is 4. The molecule has 2 heterocycles. The lowest BCUT2D eigenvalue weighted by atomic mass is 10.2. The molecule has 0 amide bonds. The Hall–Kier alpha value is -3.72. The van der Waals surface area contributed by atoms with Crippen molar-refractivity contribution in [3.63, 3.8) is 0 Å². The molecule has 0 radical (unpaired) electrons. The zero-order valence-electron chi connectivity index (χ0n) is 15.4. The van der Waals surface area contributed by atoms with Crippen molar-refractivity contribution in [1.82, 2.24) is 19.6 Å². The number of nitrogens with zero attached hydrogens (tertiary/aromatic N) is 4. The molecule has 29 heavy (non-hydrogen) atoms. The van der Waals surface area contributed by atoms with Crippen LogP contribution in [0.2, 0.25) is 0 Å². The van der Waals surface area contributed by atoms with Crippen LogP contribution < -0.4 is 11.2 Å². The molecule has 4 aromatic rings. The normalized spacial score (nSPS) is 11.5. The third-order valence-electron chi connectivity index (χ3n) is 4.32. The number of benzene rings is 2. The van der Waals surface area contributed by atoms with Crippen LogP contribution in [0.5, 0.6) is 0 Å². The minimum Gasteiger partial charge on any atom is -0.399 e. The maximum absolute atomic E-state index is 12.5. The van der Waals surface area contributed by atoms with Gasteiger partial charge in [-0.25, -0.2) is 17.8 Å². The minimum atomic E-state index is -3.37. The Morgan fingerprint density at radius 2 is 1.72 bits per heavy atom. The number of nitrogen functional groups attached to an aromatic ring is 1. The average molecular weight is 407 g/mol. The molecule has 0 atom stereocenters. The molecule has 146 valence electrons. The Balaban J connectivity index is 1.85. The first-order chi connectivity index (χ1) is 13.8. The van der Waals surface area contributed by atoms with Crippen molar-refractivity contribution in [1.29, 1.82) is 0 Å². The first kappa shape index (κ1) is 18.6. The van der Waals surface area contributed by atoms with E-state index in [0.717, 1.165) is 6.26 Å². The van der Waals surface area contributed by atoms with Crippen molar-refractivity contribution in [2.45, 2.75) is 4.90 Å². The smallest absolute Gasteiger partial charge is 0.209 e. The molecule has 0 fully saturated rings. The lowest BCUT2D eigenvalue weighted by Crippen LogP contribution is -2.15. The molecule has 2 aromatic heterocycles. The second-order valence-electron chi connectivity index (χ2n) is 6.47. The summed E-state index contributed by atoms with van der Waals surface area (Å²) >= 11 is 0. The third-order valence-corrected chi connectivity index (χ3v) is 5.43. The fourth-order valence-electron chi connectivity index (χ4n) is 2.93. The predicted molar refractivity (Wildman–Crippen MR) is 110 cm³/mol. The van der Waals surface area contributed by atoms with Crippen LogP contribution in [-0.2, 0) is 9.84 Å². The predicted octanol–water partition coefficient (Wildman–Crippen LogP) is 2.07. The number of hydrogen-bond donors (Lipinski definition) is 1. The summed E-state index contributed by atoms with van der Waals surface area (Å²) in [7, 11) is -3.37. The molecular formula is C20H17N5O3S. The van der Waals surface area contributed by atoms with Gasteiger partial charge in [0.05, 0.1) is 28.2 Å². The molecule has 0 aliphatic rings. The second kappa shape index (κ2) is 7.02. The molecule has 8 nitrogen and oxygen atoms in total. The van der Waals surface area contributed by atoms with E-state index in [0.29, 0.717) is 22.8 Å². The summed E-state index contributed by atoms with van der Waals surface area (Å²) in [6.45, 7) is 0. The maximum atomic E-state index is 12.5. The van der Waals surface area contributed by atoms with Crippen LogP contribution in [0.3, 0.4) is 0 Å². The van der Waals surface area contributed by atoms with Gasteiger partial charge in [-0.1, -0.05) is 12.1 Å². The van der Waals surface area contributed by atoms with Gasteiger partial charge >= 0.3 is 0 Å². The molecule has 0 saturated heterocycles. The van der Waals surface area contributed by atoms with Crippen molar-refractivity contribution < 1.29 is 8.42 Å². The quantitative estimate of drug-likeness (QED) is 0.518. The maximum Gasteiger partial charge on any atom is 0.209 e. The van der Waals surface area contributed by atoms with E-state index in [9.17, 15) is 13.2 Å². The molecule has 0 bridgehead atoms. The zero-order chi connectivity index (χ0) is 20.6. The van der Waals surface area contributed by atoms with Crippen LogP contribution >= 0.6 is 0 Å². The number of sulfone groups is 1. The van der Waals surface area contributed by atoms with Crippen LogP contribution in [0.15, 0.2) is 82.7 Å². The fourth-order valence-corrected chi connectivity index (χ4v) is 3.59. The van der Waals surface area contributed by atoms with E-state index in [1.807, 2.05) is 6.07 Å². The molecule has 0 spiro atoms. The Morgan fingerprint density at radius 3 is 2.48 bits per heavy atom. The standard InChI is InChI=1S/C20H17N5O3S/c1-29(27,28)17-7-3-5-15(13-17)24-11-9-19(26)20(23-24)18-8-10-22-25(18)16-6-2-4-14(21)12-16/h2-13H,21H2,1H3. The highest BCUT2D eigenvalue weighted by Crippen LogP contribution is 2.20. The van der Waals surface area contributed by atoms with Gasteiger partial charge in [0.2, 0.25) is 5.43 Å². The summed E-state index contributed by atoms with van der Waals surface area (Å²) in [6, 6.07) is 16.5. The van der Waals surface area contributed by atoms with E-state index in [1.54, 1.807) is 47.3 Å². The Kier molecular flexibility index (Phi) is 4.51. The number of hydrogen-bond acceptors (Lipinski definition) is 6. The summed E-state index contributed by atoms with van der Waals surface area (Å²) < 4.78 is 26.7. The lowest BCUT2D eigenvalue weighted by Gasteiger charge is -2.10. The van der Waals surface area contributed by atoms with Crippen molar-refractivity contribution in [3.8, 4) is 22.8 Å². The largest absolute Gasteiger partial charge is 0.399 e.